The first-order valence-corrected chi connectivity index (χ1v) is 11.0. The van der Waals surface area contributed by atoms with E-state index in [4.69, 9.17) is 4.98 Å². The van der Waals surface area contributed by atoms with Crippen LogP contribution < -0.4 is 4.90 Å². The Morgan fingerprint density at radius 2 is 1.85 bits per heavy atom. The van der Waals surface area contributed by atoms with Gasteiger partial charge in [-0.1, -0.05) is 6.07 Å². The Kier molecular flexibility index (Phi) is 4.79. The summed E-state index contributed by atoms with van der Waals surface area (Å²) < 4.78 is 31.6. The molecule has 0 radical (unpaired) electrons. The van der Waals surface area contributed by atoms with Gasteiger partial charge in [-0.05, 0) is 44.0 Å². The highest BCUT2D eigenvalue weighted by atomic mass is 19.1. The number of pyridine rings is 2. The van der Waals surface area contributed by atoms with Crippen LogP contribution in [0.5, 0.6) is 0 Å². The fourth-order valence-corrected chi connectivity index (χ4v) is 4.40. The molecule has 10 heteroatoms. The number of nitrogens with zero attached hydrogens (tertiary/aromatic N) is 8. The van der Waals surface area contributed by atoms with E-state index in [1.54, 1.807) is 27.8 Å². The summed E-state index contributed by atoms with van der Waals surface area (Å²) in [6, 6.07) is 7.56. The normalized spacial score (nSPS) is 16.0. The zero-order valence-corrected chi connectivity index (χ0v) is 18.3. The lowest BCUT2D eigenvalue weighted by Gasteiger charge is -2.25. The van der Waals surface area contributed by atoms with E-state index >= 15 is 0 Å². The number of hydrogen-bond acceptors (Lipinski definition) is 6. The second-order valence-corrected chi connectivity index (χ2v) is 8.30. The molecule has 6 heterocycles. The summed E-state index contributed by atoms with van der Waals surface area (Å²) in [5, 5.41) is 8.90. The maximum Gasteiger partial charge on any atom is 0.213 e. The van der Waals surface area contributed by atoms with Gasteiger partial charge in [0.2, 0.25) is 5.95 Å². The molecule has 0 amide bonds. The maximum atomic E-state index is 14.5. The van der Waals surface area contributed by atoms with E-state index in [1.165, 1.54) is 0 Å². The molecule has 0 spiro atoms. The van der Waals surface area contributed by atoms with Crippen molar-refractivity contribution in [2.75, 3.05) is 11.4 Å². The van der Waals surface area contributed by atoms with Gasteiger partial charge in [-0.15, -0.1) is 0 Å². The average Bonchev–Trinajstić information content (AvgIpc) is 3.60. The smallest absolute Gasteiger partial charge is 0.213 e. The second kappa shape index (κ2) is 7.98. The molecule has 6 rings (SSSR count). The van der Waals surface area contributed by atoms with Crippen molar-refractivity contribution in [1.82, 2.24) is 34.3 Å². The Hall–Kier alpha value is -4.21. The number of rotatable bonds is 4. The van der Waals surface area contributed by atoms with Gasteiger partial charge in [0, 0.05) is 42.0 Å². The molecule has 5 aromatic rings. The lowest BCUT2D eigenvalue weighted by molar-refractivity contribution is 0.518. The SMILES string of the molecule is Cc1ccc(-c2cnn(-c3cnn4ccc(N5CCC[C@@H]5c5nc(F)ccc5F)nc34)c2)cn1. The Bertz CT molecular complexity index is 1490. The van der Waals surface area contributed by atoms with Crippen molar-refractivity contribution in [2.24, 2.45) is 0 Å². The topological polar surface area (TPSA) is 77.0 Å². The van der Waals surface area contributed by atoms with E-state index in [9.17, 15) is 8.78 Å². The Morgan fingerprint density at radius 1 is 0.941 bits per heavy atom. The average molecular weight is 458 g/mol. The fraction of sp³-hybridized carbons (Fsp3) is 0.208. The van der Waals surface area contributed by atoms with Crippen molar-refractivity contribution in [3.8, 4) is 16.8 Å². The van der Waals surface area contributed by atoms with Crippen molar-refractivity contribution < 1.29 is 8.78 Å². The number of halogens is 2. The van der Waals surface area contributed by atoms with Gasteiger partial charge in [0.05, 0.1) is 18.4 Å². The van der Waals surface area contributed by atoms with Crippen LogP contribution in [-0.4, -0.2) is 40.9 Å². The highest BCUT2D eigenvalue weighted by molar-refractivity contribution is 5.65. The van der Waals surface area contributed by atoms with Gasteiger partial charge in [0.25, 0.3) is 0 Å². The molecule has 8 nitrogen and oxygen atoms in total. The van der Waals surface area contributed by atoms with Gasteiger partial charge < -0.3 is 4.90 Å². The number of anilines is 1. The van der Waals surface area contributed by atoms with E-state index < -0.39 is 11.8 Å². The van der Waals surface area contributed by atoms with Crippen LogP contribution in [0, 0.1) is 18.7 Å². The van der Waals surface area contributed by atoms with Crippen molar-refractivity contribution >= 4 is 11.5 Å². The maximum absolute atomic E-state index is 14.5. The third kappa shape index (κ3) is 3.47. The molecule has 0 saturated carbocycles. The van der Waals surface area contributed by atoms with Crippen LogP contribution in [0.3, 0.4) is 0 Å². The molecule has 1 aliphatic rings. The second-order valence-electron chi connectivity index (χ2n) is 8.30. The molecule has 1 saturated heterocycles. The van der Waals surface area contributed by atoms with Crippen molar-refractivity contribution in [3.63, 3.8) is 0 Å². The predicted octanol–water partition coefficient (Wildman–Crippen LogP) is 4.30. The lowest BCUT2D eigenvalue weighted by atomic mass is 10.1. The molecule has 1 fully saturated rings. The fourth-order valence-electron chi connectivity index (χ4n) is 4.40. The van der Waals surface area contributed by atoms with E-state index in [0.717, 1.165) is 35.4 Å². The number of fused-ring (bicyclic) bond motifs is 1. The molecule has 0 bridgehead atoms. The van der Waals surface area contributed by atoms with E-state index in [1.807, 2.05) is 42.4 Å². The molecule has 170 valence electrons. The van der Waals surface area contributed by atoms with Crippen molar-refractivity contribution in [3.05, 3.63) is 84.5 Å². The quantitative estimate of drug-likeness (QED) is 0.374. The highest BCUT2D eigenvalue weighted by Crippen LogP contribution is 2.36. The van der Waals surface area contributed by atoms with Gasteiger partial charge in [-0.2, -0.15) is 14.6 Å². The van der Waals surface area contributed by atoms with Gasteiger partial charge in [0.15, 0.2) is 5.65 Å². The molecule has 0 aromatic carbocycles. The van der Waals surface area contributed by atoms with Crippen LogP contribution in [0.1, 0.15) is 30.3 Å². The Morgan fingerprint density at radius 3 is 2.71 bits per heavy atom. The Balaban J connectivity index is 1.37. The third-order valence-corrected chi connectivity index (χ3v) is 6.11. The monoisotopic (exact) mass is 458 g/mol. The minimum Gasteiger partial charge on any atom is -0.348 e. The molecule has 0 aliphatic carbocycles. The first kappa shape index (κ1) is 20.4. The number of aryl methyl sites for hydroxylation is 1. The minimum absolute atomic E-state index is 0.108. The van der Waals surface area contributed by atoms with Crippen LogP contribution in [-0.2, 0) is 0 Å². The Labute approximate surface area is 193 Å². The molecular weight excluding hydrogens is 438 g/mol. The molecule has 34 heavy (non-hydrogen) atoms. The van der Waals surface area contributed by atoms with Gasteiger partial charge in [0.1, 0.15) is 23.0 Å². The zero-order valence-electron chi connectivity index (χ0n) is 18.3. The van der Waals surface area contributed by atoms with Crippen molar-refractivity contribution in [1.29, 1.82) is 0 Å². The minimum atomic E-state index is -0.692. The molecule has 5 aromatic heterocycles. The summed E-state index contributed by atoms with van der Waals surface area (Å²) in [7, 11) is 0. The van der Waals surface area contributed by atoms with Crippen LogP contribution in [0.2, 0.25) is 0 Å². The summed E-state index contributed by atoms with van der Waals surface area (Å²) in [6.07, 6.45) is 10.5. The summed E-state index contributed by atoms with van der Waals surface area (Å²) in [5.74, 6) is -0.556. The summed E-state index contributed by atoms with van der Waals surface area (Å²) in [4.78, 5) is 15.0. The molecule has 1 aliphatic heterocycles. The third-order valence-electron chi connectivity index (χ3n) is 6.11. The van der Waals surface area contributed by atoms with E-state index in [0.29, 0.717) is 30.1 Å². The number of aromatic nitrogens is 7. The first-order valence-electron chi connectivity index (χ1n) is 11.0. The standard InChI is InChI=1S/C24H20F2N8/c1-15-4-5-16(11-27-15)17-12-28-34(14-17)20-13-29-33-10-8-22(31-24(20)33)32-9-2-3-19(32)23-18(25)6-7-21(26)30-23/h4-8,10-14,19H,2-3,9H2,1H3/t19-/m1/s1. The summed E-state index contributed by atoms with van der Waals surface area (Å²) in [6.45, 7) is 2.61. The van der Waals surface area contributed by atoms with Crippen LogP contribution in [0.4, 0.5) is 14.6 Å². The van der Waals surface area contributed by atoms with Crippen LogP contribution in [0.25, 0.3) is 22.5 Å². The lowest BCUT2D eigenvalue weighted by Crippen LogP contribution is -2.25. The van der Waals surface area contributed by atoms with Crippen LogP contribution >= 0.6 is 0 Å². The van der Waals surface area contributed by atoms with Gasteiger partial charge in [-0.3, -0.25) is 4.98 Å². The van der Waals surface area contributed by atoms with Gasteiger partial charge >= 0.3 is 0 Å². The molecular formula is C24H20F2N8. The predicted molar refractivity (Wildman–Crippen MR) is 122 cm³/mol. The van der Waals surface area contributed by atoms with E-state index in [2.05, 4.69) is 20.2 Å². The van der Waals surface area contributed by atoms with Crippen LogP contribution in [0.15, 0.2) is 61.3 Å². The molecule has 0 N–H and O–H groups in total. The molecule has 1 atom stereocenters. The van der Waals surface area contributed by atoms with Crippen molar-refractivity contribution in [2.45, 2.75) is 25.8 Å². The summed E-state index contributed by atoms with van der Waals surface area (Å²) in [5.41, 5.74) is 4.26. The zero-order chi connectivity index (χ0) is 23.2. The number of hydrogen-bond donors (Lipinski definition) is 0. The summed E-state index contributed by atoms with van der Waals surface area (Å²) >= 11 is 0. The van der Waals surface area contributed by atoms with Gasteiger partial charge in [-0.25, -0.2) is 23.6 Å². The largest absolute Gasteiger partial charge is 0.348 e. The molecule has 0 unspecified atom stereocenters. The highest BCUT2D eigenvalue weighted by Gasteiger charge is 2.31. The first-order chi connectivity index (χ1) is 16.6. The van der Waals surface area contributed by atoms with E-state index in [-0.39, 0.29) is 11.7 Å².